The maximum Gasteiger partial charge on any atom is 0.159 e. The zero-order valence-electron chi connectivity index (χ0n) is 12.1. The lowest BCUT2D eigenvalue weighted by molar-refractivity contribution is 0.101. The SMILES string of the molecule is CC(=O)c1ccc2c(c1)CCN2CC#Cc1ccccc1. The van der Waals surface area contributed by atoms with Gasteiger partial charge in [-0.3, -0.25) is 4.79 Å². The molecule has 1 aliphatic heterocycles. The lowest BCUT2D eigenvalue weighted by Gasteiger charge is -2.15. The van der Waals surface area contributed by atoms with Crippen LogP contribution in [0.3, 0.4) is 0 Å². The minimum Gasteiger partial charge on any atom is -0.360 e. The summed E-state index contributed by atoms with van der Waals surface area (Å²) < 4.78 is 0. The summed E-state index contributed by atoms with van der Waals surface area (Å²) in [5, 5.41) is 0. The first kappa shape index (κ1) is 13.5. The molecular formula is C19H17NO. The van der Waals surface area contributed by atoms with Crippen LogP contribution in [0.2, 0.25) is 0 Å². The number of carbonyl (C=O) groups excluding carboxylic acids is 1. The van der Waals surface area contributed by atoms with Crippen LogP contribution in [0.5, 0.6) is 0 Å². The van der Waals surface area contributed by atoms with Gasteiger partial charge in [-0.15, -0.1) is 0 Å². The molecule has 0 N–H and O–H groups in total. The number of hydrogen-bond donors (Lipinski definition) is 0. The molecule has 0 bridgehead atoms. The average Bonchev–Trinajstić information content (AvgIpc) is 2.91. The molecule has 1 aliphatic rings. The summed E-state index contributed by atoms with van der Waals surface area (Å²) in [6.07, 6.45) is 0.990. The highest BCUT2D eigenvalue weighted by molar-refractivity contribution is 5.94. The molecule has 0 atom stereocenters. The number of carbonyl (C=O) groups is 1. The molecule has 0 saturated heterocycles. The van der Waals surface area contributed by atoms with Crippen LogP contribution in [-0.4, -0.2) is 18.9 Å². The predicted molar refractivity (Wildman–Crippen MR) is 85.7 cm³/mol. The van der Waals surface area contributed by atoms with Crippen molar-refractivity contribution in [1.82, 2.24) is 0 Å². The molecule has 2 aromatic rings. The molecule has 0 fully saturated rings. The molecule has 0 radical (unpaired) electrons. The fourth-order valence-electron chi connectivity index (χ4n) is 2.61. The van der Waals surface area contributed by atoms with Crippen LogP contribution in [0.25, 0.3) is 0 Å². The summed E-state index contributed by atoms with van der Waals surface area (Å²) in [5.41, 5.74) is 4.31. The van der Waals surface area contributed by atoms with Crippen molar-refractivity contribution in [1.29, 1.82) is 0 Å². The molecule has 2 aromatic carbocycles. The molecule has 3 rings (SSSR count). The van der Waals surface area contributed by atoms with Gasteiger partial charge in [0, 0.05) is 23.4 Å². The molecule has 0 spiro atoms. The highest BCUT2D eigenvalue weighted by Gasteiger charge is 2.18. The van der Waals surface area contributed by atoms with Gasteiger partial charge >= 0.3 is 0 Å². The van der Waals surface area contributed by atoms with Crippen molar-refractivity contribution in [3.8, 4) is 11.8 Å². The molecule has 0 aromatic heterocycles. The van der Waals surface area contributed by atoms with Gasteiger partial charge in [-0.05, 0) is 49.2 Å². The van der Waals surface area contributed by atoms with Gasteiger partial charge in [0.05, 0.1) is 6.54 Å². The van der Waals surface area contributed by atoms with E-state index < -0.39 is 0 Å². The first-order valence-corrected chi connectivity index (χ1v) is 7.17. The minimum atomic E-state index is 0.125. The van der Waals surface area contributed by atoms with Crippen molar-refractivity contribution >= 4 is 11.5 Å². The van der Waals surface area contributed by atoms with E-state index in [1.807, 2.05) is 48.5 Å². The molecular weight excluding hydrogens is 258 g/mol. The number of anilines is 1. The van der Waals surface area contributed by atoms with E-state index in [-0.39, 0.29) is 5.78 Å². The van der Waals surface area contributed by atoms with E-state index in [9.17, 15) is 4.79 Å². The first-order chi connectivity index (χ1) is 10.2. The third-order valence-corrected chi connectivity index (χ3v) is 3.75. The second-order valence-electron chi connectivity index (χ2n) is 5.24. The van der Waals surface area contributed by atoms with Gasteiger partial charge in [-0.2, -0.15) is 0 Å². The molecule has 2 heteroatoms. The summed E-state index contributed by atoms with van der Waals surface area (Å²) in [7, 11) is 0. The zero-order chi connectivity index (χ0) is 14.7. The first-order valence-electron chi connectivity index (χ1n) is 7.17. The van der Waals surface area contributed by atoms with Gasteiger partial charge in [-0.25, -0.2) is 0 Å². The van der Waals surface area contributed by atoms with Gasteiger partial charge < -0.3 is 4.90 Å². The summed E-state index contributed by atoms with van der Waals surface area (Å²) in [5.74, 6) is 6.54. The highest BCUT2D eigenvalue weighted by atomic mass is 16.1. The summed E-state index contributed by atoms with van der Waals surface area (Å²) in [6.45, 7) is 3.31. The topological polar surface area (TPSA) is 20.3 Å². The quantitative estimate of drug-likeness (QED) is 0.619. The maximum absolute atomic E-state index is 11.4. The second-order valence-corrected chi connectivity index (χ2v) is 5.24. The van der Waals surface area contributed by atoms with E-state index in [0.717, 1.165) is 30.6 Å². The highest BCUT2D eigenvalue weighted by Crippen LogP contribution is 2.28. The van der Waals surface area contributed by atoms with Crippen LogP contribution in [0, 0.1) is 11.8 Å². The Morgan fingerprint density at radius 2 is 2.00 bits per heavy atom. The predicted octanol–water partition coefficient (Wildman–Crippen LogP) is 3.30. The van der Waals surface area contributed by atoms with E-state index in [0.29, 0.717) is 0 Å². The van der Waals surface area contributed by atoms with Gasteiger partial charge in [-0.1, -0.05) is 30.0 Å². The van der Waals surface area contributed by atoms with Crippen LogP contribution >= 0.6 is 0 Å². The van der Waals surface area contributed by atoms with Crippen molar-refractivity contribution in [2.75, 3.05) is 18.0 Å². The molecule has 1 heterocycles. The number of hydrogen-bond acceptors (Lipinski definition) is 2. The molecule has 21 heavy (non-hydrogen) atoms. The normalized spacial score (nSPS) is 12.5. The molecule has 0 saturated carbocycles. The van der Waals surface area contributed by atoms with Gasteiger partial charge in [0.1, 0.15) is 0 Å². The lowest BCUT2D eigenvalue weighted by atomic mass is 10.1. The molecule has 0 amide bonds. The molecule has 0 unspecified atom stereocenters. The van der Waals surface area contributed by atoms with E-state index >= 15 is 0 Å². The summed E-state index contributed by atoms with van der Waals surface area (Å²) in [6, 6.07) is 16.0. The Balaban J connectivity index is 1.74. The Hall–Kier alpha value is -2.53. The van der Waals surface area contributed by atoms with Crippen LogP contribution in [-0.2, 0) is 6.42 Å². The largest absolute Gasteiger partial charge is 0.360 e. The Labute approximate surface area is 125 Å². The Morgan fingerprint density at radius 1 is 1.19 bits per heavy atom. The third kappa shape index (κ3) is 2.98. The number of benzene rings is 2. The van der Waals surface area contributed by atoms with Crippen LogP contribution in [0.1, 0.15) is 28.4 Å². The van der Waals surface area contributed by atoms with Crippen molar-refractivity contribution in [3.05, 3.63) is 65.2 Å². The minimum absolute atomic E-state index is 0.125. The summed E-state index contributed by atoms with van der Waals surface area (Å²) >= 11 is 0. The fourth-order valence-corrected chi connectivity index (χ4v) is 2.61. The Kier molecular flexibility index (Phi) is 3.75. The van der Waals surface area contributed by atoms with Gasteiger partial charge in [0.2, 0.25) is 0 Å². The standard InChI is InChI=1S/C19H17NO/c1-15(21)17-9-10-19-18(14-17)11-13-20(19)12-5-8-16-6-3-2-4-7-16/h2-4,6-7,9-10,14H,11-13H2,1H3. The van der Waals surface area contributed by atoms with E-state index in [1.54, 1.807) is 6.92 Å². The van der Waals surface area contributed by atoms with Crippen molar-refractivity contribution in [3.63, 3.8) is 0 Å². The summed E-state index contributed by atoms with van der Waals surface area (Å²) in [4.78, 5) is 13.7. The van der Waals surface area contributed by atoms with E-state index in [4.69, 9.17) is 0 Å². The Bertz CT molecular complexity index is 722. The smallest absolute Gasteiger partial charge is 0.159 e. The van der Waals surface area contributed by atoms with Gasteiger partial charge in [0.25, 0.3) is 0 Å². The third-order valence-electron chi connectivity index (χ3n) is 3.75. The number of nitrogens with zero attached hydrogens (tertiary/aromatic N) is 1. The molecule has 0 aliphatic carbocycles. The molecule has 104 valence electrons. The fraction of sp³-hybridized carbons (Fsp3) is 0.211. The zero-order valence-corrected chi connectivity index (χ0v) is 12.1. The van der Waals surface area contributed by atoms with Gasteiger partial charge in [0.15, 0.2) is 5.78 Å². The van der Waals surface area contributed by atoms with E-state index in [1.165, 1.54) is 11.3 Å². The number of Topliss-reactive ketones (excluding diaryl/α,β-unsaturated/α-hetero) is 1. The lowest BCUT2D eigenvalue weighted by Crippen LogP contribution is -2.20. The van der Waals surface area contributed by atoms with Crippen LogP contribution < -0.4 is 4.90 Å². The maximum atomic E-state index is 11.4. The second kappa shape index (κ2) is 5.85. The van der Waals surface area contributed by atoms with Crippen LogP contribution in [0.15, 0.2) is 48.5 Å². The molecule has 2 nitrogen and oxygen atoms in total. The number of ketones is 1. The Morgan fingerprint density at radius 3 is 2.76 bits per heavy atom. The number of fused-ring (bicyclic) bond motifs is 1. The van der Waals surface area contributed by atoms with Crippen molar-refractivity contribution in [2.24, 2.45) is 0 Å². The average molecular weight is 275 g/mol. The van der Waals surface area contributed by atoms with E-state index in [2.05, 4.69) is 16.7 Å². The number of rotatable bonds is 2. The van der Waals surface area contributed by atoms with Crippen molar-refractivity contribution < 1.29 is 4.79 Å². The van der Waals surface area contributed by atoms with Crippen molar-refractivity contribution in [2.45, 2.75) is 13.3 Å². The monoisotopic (exact) mass is 275 g/mol. The van der Waals surface area contributed by atoms with Crippen LogP contribution in [0.4, 0.5) is 5.69 Å².